The van der Waals surface area contributed by atoms with Crippen LogP contribution in [-0.4, -0.2) is 41.4 Å². The number of ether oxygens (including phenoxy) is 3. The third-order valence-corrected chi connectivity index (χ3v) is 5.92. The Labute approximate surface area is 164 Å². The summed E-state index contributed by atoms with van der Waals surface area (Å²) in [5.41, 5.74) is 2.92. The third-order valence-electron chi connectivity index (χ3n) is 5.92. The topological polar surface area (TPSA) is 88.4 Å². The van der Waals surface area contributed by atoms with E-state index in [-0.39, 0.29) is 35.0 Å². The Morgan fingerprint density at radius 3 is 2.43 bits per heavy atom. The van der Waals surface area contributed by atoms with E-state index >= 15 is 0 Å². The quantitative estimate of drug-likeness (QED) is 0.685. The van der Waals surface area contributed by atoms with Crippen molar-refractivity contribution in [3.63, 3.8) is 0 Å². The molecule has 0 aromatic heterocycles. The lowest BCUT2D eigenvalue weighted by molar-refractivity contribution is -0.202. The first kappa shape index (κ1) is 18.9. The van der Waals surface area contributed by atoms with Gasteiger partial charge in [0, 0.05) is 5.92 Å². The molecular formula is C22H26O6. The summed E-state index contributed by atoms with van der Waals surface area (Å²) >= 11 is 0. The highest BCUT2D eigenvalue weighted by molar-refractivity contribution is 5.53. The molecule has 2 aromatic rings. The minimum atomic E-state index is -0.662. The Bertz CT molecular complexity index is 891. The summed E-state index contributed by atoms with van der Waals surface area (Å²) in [5, 5.41) is 30.2. The van der Waals surface area contributed by atoms with Gasteiger partial charge in [-0.15, -0.1) is 0 Å². The summed E-state index contributed by atoms with van der Waals surface area (Å²) in [4.78, 5) is 0. The minimum Gasteiger partial charge on any atom is -0.504 e. The van der Waals surface area contributed by atoms with Crippen LogP contribution in [0.15, 0.2) is 30.3 Å². The van der Waals surface area contributed by atoms with Gasteiger partial charge in [0.2, 0.25) is 0 Å². The van der Waals surface area contributed by atoms with Gasteiger partial charge >= 0.3 is 0 Å². The second-order valence-electron chi connectivity index (χ2n) is 8.10. The first-order valence-corrected chi connectivity index (χ1v) is 9.48. The van der Waals surface area contributed by atoms with Crippen molar-refractivity contribution in [2.75, 3.05) is 20.3 Å². The predicted molar refractivity (Wildman–Crippen MR) is 103 cm³/mol. The molecule has 1 saturated heterocycles. The van der Waals surface area contributed by atoms with Crippen molar-refractivity contribution in [3.8, 4) is 23.0 Å². The number of aromatic hydroxyl groups is 3. The molecule has 1 heterocycles. The van der Waals surface area contributed by atoms with E-state index in [4.69, 9.17) is 14.2 Å². The van der Waals surface area contributed by atoms with Crippen LogP contribution in [0.1, 0.15) is 36.5 Å². The van der Waals surface area contributed by atoms with Crippen molar-refractivity contribution in [3.05, 3.63) is 47.0 Å². The molecule has 1 fully saturated rings. The number of methoxy groups -OCH3 is 1. The highest BCUT2D eigenvalue weighted by atomic mass is 16.7. The van der Waals surface area contributed by atoms with Crippen LogP contribution in [0, 0.1) is 11.8 Å². The van der Waals surface area contributed by atoms with E-state index in [2.05, 4.69) is 0 Å². The Morgan fingerprint density at radius 1 is 0.964 bits per heavy atom. The van der Waals surface area contributed by atoms with E-state index in [0.717, 1.165) is 23.1 Å². The van der Waals surface area contributed by atoms with Crippen molar-refractivity contribution < 1.29 is 29.5 Å². The molecule has 2 aliphatic rings. The van der Waals surface area contributed by atoms with Crippen LogP contribution >= 0.6 is 0 Å². The molecule has 28 heavy (non-hydrogen) atoms. The van der Waals surface area contributed by atoms with Crippen molar-refractivity contribution >= 4 is 0 Å². The van der Waals surface area contributed by atoms with Gasteiger partial charge < -0.3 is 29.5 Å². The van der Waals surface area contributed by atoms with Crippen LogP contribution in [0.2, 0.25) is 0 Å². The molecule has 1 aliphatic carbocycles. The maximum Gasteiger partial charge on any atom is 0.162 e. The van der Waals surface area contributed by atoms with E-state index in [1.54, 1.807) is 12.1 Å². The van der Waals surface area contributed by atoms with Gasteiger partial charge in [-0.3, -0.25) is 0 Å². The summed E-state index contributed by atoms with van der Waals surface area (Å²) in [6.07, 6.45) is 0.788. The first-order chi connectivity index (χ1) is 13.3. The van der Waals surface area contributed by atoms with E-state index in [0.29, 0.717) is 19.0 Å². The zero-order chi connectivity index (χ0) is 20.1. The summed E-state index contributed by atoms with van der Waals surface area (Å²) in [7, 11) is 1.54. The van der Waals surface area contributed by atoms with Gasteiger partial charge in [-0.05, 0) is 73.1 Å². The maximum absolute atomic E-state index is 10.4. The molecule has 3 atom stereocenters. The first-order valence-electron chi connectivity index (χ1n) is 9.48. The van der Waals surface area contributed by atoms with Crippen LogP contribution in [0.25, 0.3) is 0 Å². The molecule has 0 saturated carbocycles. The summed E-state index contributed by atoms with van der Waals surface area (Å²) in [6, 6.07) is 8.52. The number of hydrogen-bond donors (Lipinski definition) is 3. The van der Waals surface area contributed by atoms with Crippen LogP contribution in [0.3, 0.4) is 0 Å². The van der Waals surface area contributed by atoms with E-state index in [1.807, 2.05) is 26.0 Å². The van der Waals surface area contributed by atoms with E-state index < -0.39 is 5.79 Å². The molecule has 1 aliphatic heterocycles. The summed E-state index contributed by atoms with van der Waals surface area (Å²) in [5.74, 6) is -0.259. The third kappa shape index (κ3) is 3.27. The highest BCUT2D eigenvalue weighted by Gasteiger charge is 2.42. The normalized spacial score (nSPS) is 26.0. The SMILES string of the molecule is COc1cc2c(cc1O)C(c1ccc(O)c(O)c1)C1COC(C)(C)OCC1C2. The molecule has 0 radical (unpaired) electrons. The Balaban J connectivity index is 1.86. The van der Waals surface area contributed by atoms with Gasteiger partial charge in [-0.2, -0.15) is 0 Å². The predicted octanol–water partition coefficient (Wildman–Crippen LogP) is 3.52. The second kappa shape index (κ2) is 6.87. The Hall–Kier alpha value is -2.44. The molecule has 3 unspecified atom stereocenters. The summed E-state index contributed by atoms with van der Waals surface area (Å²) < 4.78 is 17.3. The lowest BCUT2D eigenvalue weighted by atomic mass is 9.67. The second-order valence-corrected chi connectivity index (χ2v) is 8.10. The molecule has 150 valence electrons. The zero-order valence-electron chi connectivity index (χ0n) is 16.3. The molecular weight excluding hydrogens is 360 g/mol. The maximum atomic E-state index is 10.4. The molecule has 4 rings (SSSR count). The van der Waals surface area contributed by atoms with Gasteiger partial charge in [0.25, 0.3) is 0 Å². The lowest BCUT2D eigenvalue weighted by Crippen LogP contribution is -2.34. The lowest BCUT2D eigenvalue weighted by Gasteiger charge is -2.38. The molecule has 0 spiro atoms. The van der Waals surface area contributed by atoms with Crippen LogP contribution in [-0.2, 0) is 15.9 Å². The standard InChI is InChI=1S/C22H26O6/c1-22(2)27-10-14-6-13-8-20(26-3)19(25)9-15(13)21(16(14)11-28-22)12-4-5-17(23)18(24)7-12/h4-5,7-9,14,16,21,23-25H,6,10-11H2,1-3H3. The fourth-order valence-corrected chi connectivity index (χ4v) is 4.41. The van der Waals surface area contributed by atoms with Gasteiger partial charge in [0.1, 0.15) is 0 Å². The van der Waals surface area contributed by atoms with E-state index in [9.17, 15) is 15.3 Å². The number of hydrogen-bond acceptors (Lipinski definition) is 6. The molecule has 6 nitrogen and oxygen atoms in total. The van der Waals surface area contributed by atoms with Crippen molar-refractivity contribution in [1.29, 1.82) is 0 Å². The van der Waals surface area contributed by atoms with Gasteiger partial charge in [0.05, 0.1) is 20.3 Å². The number of phenols is 3. The fraction of sp³-hybridized carbons (Fsp3) is 0.455. The van der Waals surface area contributed by atoms with Crippen LogP contribution in [0.5, 0.6) is 23.0 Å². The monoisotopic (exact) mass is 386 g/mol. The van der Waals surface area contributed by atoms with Gasteiger partial charge in [0.15, 0.2) is 28.8 Å². The van der Waals surface area contributed by atoms with Crippen LogP contribution < -0.4 is 4.74 Å². The summed E-state index contributed by atoms with van der Waals surface area (Å²) in [6.45, 7) is 4.87. The van der Waals surface area contributed by atoms with Gasteiger partial charge in [-0.25, -0.2) is 0 Å². The number of phenolic OH excluding ortho intramolecular Hbond substituents is 3. The number of rotatable bonds is 2. The number of benzene rings is 2. The highest BCUT2D eigenvalue weighted by Crippen LogP contribution is 2.49. The smallest absolute Gasteiger partial charge is 0.162 e. The number of fused-ring (bicyclic) bond motifs is 2. The van der Waals surface area contributed by atoms with Crippen molar-refractivity contribution in [1.82, 2.24) is 0 Å². The van der Waals surface area contributed by atoms with Crippen molar-refractivity contribution in [2.45, 2.75) is 32.0 Å². The molecule has 6 heteroatoms. The fourth-order valence-electron chi connectivity index (χ4n) is 4.41. The van der Waals surface area contributed by atoms with E-state index in [1.165, 1.54) is 13.2 Å². The molecule has 2 aromatic carbocycles. The molecule has 3 N–H and O–H groups in total. The Morgan fingerprint density at radius 2 is 1.71 bits per heavy atom. The molecule has 0 bridgehead atoms. The largest absolute Gasteiger partial charge is 0.504 e. The van der Waals surface area contributed by atoms with Crippen LogP contribution in [0.4, 0.5) is 0 Å². The van der Waals surface area contributed by atoms with Crippen molar-refractivity contribution in [2.24, 2.45) is 11.8 Å². The van der Waals surface area contributed by atoms with Gasteiger partial charge in [-0.1, -0.05) is 6.07 Å². The average molecular weight is 386 g/mol. The minimum absolute atomic E-state index is 0.0822. The average Bonchev–Trinajstić information content (AvgIpc) is 2.80. The zero-order valence-corrected chi connectivity index (χ0v) is 16.3. The Kier molecular flexibility index (Phi) is 4.63. The molecule has 0 amide bonds.